The monoisotopic (exact) mass is 368 g/mol. The highest BCUT2D eigenvalue weighted by molar-refractivity contribution is 7.14. The molecule has 3 heterocycles. The van der Waals surface area contributed by atoms with Crippen molar-refractivity contribution in [3.8, 4) is 11.3 Å². The van der Waals surface area contributed by atoms with E-state index in [2.05, 4.69) is 21.4 Å². The van der Waals surface area contributed by atoms with E-state index in [4.69, 9.17) is 4.42 Å². The molecule has 1 aromatic carbocycles. The number of hydrogen-bond donors (Lipinski definition) is 1. The van der Waals surface area contributed by atoms with Crippen LogP contribution in [0, 0.1) is 0 Å². The van der Waals surface area contributed by atoms with Gasteiger partial charge in [0.2, 0.25) is 5.91 Å². The van der Waals surface area contributed by atoms with Gasteiger partial charge in [-0.2, -0.15) is 0 Å². The normalized spacial score (nSPS) is 12.9. The molecule has 132 valence electrons. The van der Waals surface area contributed by atoms with Crippen molar-refractivity contribution in [3.05, 3.63) is 47.5 Å². The van der Waals surface area contributed by atoms with E-state index < -0.39 is 0 Å². The van der Waals surface area contributed by atoms with E-state index in [1.165, 1.54) is 24.0 Å². The second-order valence-electron chi connectivity index (χ2n) is 5.86. The Morgan fingerprint density at radius 2 is 2.27 bits per heavy atom. The van der Waals surface area contributed by atoms with Crippen LogP contribution in [0.1, 0.15) is 29.4 Å². The van der Waals surface area contributed by atoms with Gasteiger partial charge in [-0.25, -0.2) is 9.97 Å². The molecule has 7 nitrogen and oxygen atoms in total. The summed E-state index contributed by atoms with van der Waals surface area (Å²) >= 11 is 1.35. The van der Waals surface area contributed by atoms with Crippen LogP contribution in [0.4, 0.5) is 10.8 Å². The Bertz CT molecular complexity index is 965. The summed E-state index contributed by atoms with van der Waals surface area (Å²) in [7, 11) is 0. The minimum absolute atomic E-state index is 0.142. The average molecular weight is 368 g/mol. The van der Waals surface area contributed by atoms with Gasteiger partial charge in [0.15, 0.2) is 17.2 Å². The maximum absolute atomic E-state index is 12.0. The van der Waals surface area contributed by atoms with Crippen molar-refractivity contribution in [2.45, 2.75) is 19.8 Å². The fourth-order valence-corrected chi connectivity index (χ4v) is 3.68. The van der Waals surface area contributed by atoms with Crippen LogP contribution in [0.25, 0.3) is 11.3 Å². The number of benzene rings is 1. The topological polar surface area (TPSA) is 88.3 Å². The number of carbonyl (C=O) groups excluding carboxylic acids is 2. The van der Waals surface area contributed by atoms with Gasteiger partial charge in [-0.15, -0.1) is 11.3 Å². The number of hydrogen-bond acceptors (Lipinski definition) is 6. The average Bonchev–Trinajstić information content (AvgIpc) is 3.40. The fraction of sp³-hybridized carbons (Fsp3) is 0.222. The molecule has 26 heavy (non-hydrogen) atoms. The molecule has 3 aromatic rings. The fourth-order valence-electron chi connectivity index (χ4n) is 2.96. The molecule has 1 aliphatic rings. The summed E-state index contributed by atoms with van der Waals surface area (Å²) in [4.78, 5) is 34.1. The van der Waals surface area contributed by atoms with Crippen LogP contribution in [0.2, 0.25) is 0 Å². The molecule has 1 aliphatic heterocycles. The van der Waals surface area contributed by atoms with Gasteiger partial charge in [0.1, 0.15) is 6.26 Å². The summed E-state index contributed by atoms with van der Waals surface area (Å²) in [5.41, 5.74) is 4.09. The maximum Gasteiger partial charge on any atom is 0.279 e. The number of fused-ring (bicyclic) bond motifs is 1. The zero-order chi connectivity index (χ0) is 18.1. The smallest absolute Gasteiger partial charge is 0.279 e. The standard InChI is InChI=1S/C18H16N4O3S/c1-2-16(23)22-6-5-12-7-11(3-4-15(12)22)14-9-26-18(20-14)21-17(24)13-8-25-10-19-13/h3-4,7-10H,2,5-6H2,1H3,(H,20,21,24). The van der Waals surface area contributed by atoms with Gasteiger partial charge in [-0.05, 0) is 24.1 Å². The molecule has 0 unspecified atom stereocenters. The van der Waals surface area contributed by atoms with Crippen LogP contribution >= 0.6 is 11.3 Å². The van der Waals surface area contributed by atoms with E-state index in [-0.39, 0.29) is 17.5 Å². The molecule has 2 amide bonds. The SMILES string of the molecule is CCC(=O)N1CCc2cc(-c3csc(NC(=O)c4cocn4)n3)ccc21. The van der Waals surface area contributed by atoms with Crippen molar-refractivity contribution in [3.63, 3.8) is 0 Å². The van der Waals surface area contributed by atoms with Crippen LogP contribution in [0.5, 0.6) is 0 Å². The molecule has 0 saturated carbocycles. The third-order valence-electron chi connectivity index (χ3n) is 4.26. The summed E-state index contributed by atoms with van der Waals surface area (Å²) in [5.74, 6) is -0.217. The first-order chi connectivity index (χ1) is 12.7. The van der Waals surface area contributed by atoms with Crippen LogP contribution in [0.3, 0.4) is 0 Å². The molecule has 0 atom stereocenters. The second kappa shape index (κ2) is 6.72. The molecule has 0 aliphatic carbocycles. The van der Waals surface area contributed by atoms with Gasteiger partial charge in [-0.1, -0.05) is 13.0 Å². The molecule has 8 heteroatoms. The quantitative estimate of drug-likeness (QED) is 0.763. The molecule has 4 rings (SSSR count). The van der Waals surface area contributed by atoms with Gasteiger partial charge in [0.25, 0.3) is 5.91 Å². The van der Waals surface area contributed by atoms with Gasteiger partial charge >= 0.3 is 0 Å². The van der Waals surface area contributed by atoms with Crippen molar-refractivity contribution < 1.29 is 14.0 Å². The summed E-state index contributed by atoms with van der Waals surface area (Å²) in [6.07, 6.45) is 3.84. The molecule has 0 radical (unpaired) electrons. The van der Waals surface area contributed by atoms with Crippen LogP contribution in [-0.2, 0) is 11.2 Å². The van der Waals surface area contributed by atoms with Crippen LogP contribution in [0.15, 0.2) is 40.7 Å². The first-order valence-electron chi connectivity index (χ1n) is 8.24. The second-order valence-corrected chi connectivity index (χ2v) is 6.72. The Hall–Kier alpha value is -3.00. The van der Waals surface area contributed by atoms with E-state index in [0.29, 0.717) is 11.6 Å². The lowest BCUT2D eigenvalue weighted by Gasteiger charge is -2.16. The van der Waals surface area contributed by atoms with Crippen LogP contribution in [-0.4, -0.2) is 28.3 Å². The minimum atomic E-state index is -0.359. The predicted molar refractivity (Wildman–Crippen MR) is 98.4 cm³/mol. The van der Waals surface area contributed by atoms with Crippen LogP contribution < -0.4 is 10.2 Å². The van der Waals surface area contributed by atoms with Gasteiger partial charge < -0.3 is 9.32 Å². The van der Waals surface area contributed by atoms with Crippen molar-refractivity contribution in [1.29, 1.82) is 0 Å². The van der Waals surface area contributed by atoms with Crippen molar-refractivity contribution in [2.75, 3.05) is 16.8 Å². The van der Waals surface area contributed by atoms with E-state index >= 15 is 0 Å². The lowest BCUT2D eigenvalue weighted by Crippen LogP contribution is -2.27. The summed E-state index contributed by atoms with van der Waals surface area (Å²) in [5, 5.41) is 5.10. The first-order valence-corrected chi connectivity index (χ1v) is 9.12. The highest BCUT2D eigenvalue weighted by atomic mass is 32.1. The first kappa shape index (κ1) is 16.5. The number of carbonyl (C=O) groups is 2. The number of anilines is 2. The molecule has 0 fully saturated rings. The molecule has 0 saturated heterocycles. The van der Waals surface area contributed by atoms with E-state index in [1.54, 1.807) is 0 Å². The Morgan fingerprint density at radius 3 is 3.04 bits per heavy atom. The molecular weight excluding hydrogens is 352 g/mol. The third-order valence-corrected chi connectivity index (χ3v) is 5.02. The lowest BCUT2D eigenvalue weighted by molar-refractivity contribution is -0.118. The zero-order valence-electron chi connectivity index (χ0n) is 14.1. The van der Waals surface area contributed by atoms with Crippen molar-refractivity contribution in [1.82, 2.24) is 9.97 Å². The molecule has 0 bridgehead atoms. The number of rotatable bonds is 4. The van der Waals surface area contributed by atoms with Crippen molar-refractivity contribution in [2.24, 2.45) is 0 Å². The minimum Gasteiger partial charge on any atom is -0.451 e. The molecule has 0 spiro atoms. The summed E-state index contributed by atoms with van der Waals surface area (Å²) in [6.45, 7) is 2.60. The van der Waals surface area contributed by atoms with E-state index in [9.17, 15) is 9.59 Å². The number of aromatic nitrogens is 2. The Labute approximate surface area is 153 Å². The summed E-state index contributed by atoms with van der Waals surface area (Å²) in [6, 6.07) is 5.99. The van der Waals surface area contributed by atoms with Gasteiger partial charge in [-0.3, -0.25) is 14.9 Å². The molecule has 2 aromatic heterocycles. The molecule has 1 N–H and O–H groups in total. The number of thiazole rings is 1. The Kier molecular flexibility index (Phi) is 4.26. The summed E-state index contributed by atoms with van der Waals surface area (Å²) < 4.78 is 4.81. The highest BCUT2D eigenvalue weighted by Crippen LogP contribution is 2.33. The lowest BCUT2D eigenvalue weighted by atomic mass is 10.1. The Balaban J connectivity index is 1.53. The predicted octanol–water partition coefficient (Wildman–Crippen LogP) is 3.35. The Morgan fingerprint density at radius 1 is 1.38 bits per heavy atom. The van der Waals surface area contributed by atoms with Gasteiger partial charge in [0, 0.05) is 29.6 Å². The highest BCUT2D eigenvalue weighted by Gasteiger charge is 2.24. The van der Waals surface area contributed by atoms with E-state index in [1.807, 2.05) is 29.3 Å². The number of nitrogens with zero attached hydrogens (tertiary/aromatic N) is 3. The number of nitrogens with one attached hydrogen (secondary N) is 1. The third kappa shape index (κ3) is 2.99. The number of amides is 2. The number of oxazole rings is 1. The van der Waals surface area contributed by atoms with E-state index in [0.717, 1.165) is 35.5 Å². The largest absolute Gasteiger partial charge is 0.451 e. The van der Waals surface area contributed by atoms with Crippen molar-refractivity contribution >= 4 is 34.0 Å². The zero-order valence-corrected chi connectivity index (χ0v) is 14.9. The van der Waals surface area contributed by atoms with Gasteiger partial charge in [0.05, 0.1) is 5.69 Å². The molecular formula is C18H16N4O3S. The maximum atomic E-state index is 12.0.